The number of anilines is 1. The van der Waals surface area contributed by atoms with E-state index in [1.807, 2.05) is 34.8 Å². The van der Waals surface area contributed by atoms with Crippen LogP contribution in [-0.2, 0) is 10.0 Å². The van der Waals surface area contributed by atoms with Crippen LogP contribution in [0.3, 0.4) is 0 Å². The van der Waals surface area contributed by atoms with E-state index < -0.39 is 10.0 Å². The Bertz CT molecular complexity index is 1710. The summed E-state index contributed by atoms with van der Waals surface area (Å²) in [4.78, 5) is 4.38. The number of sulfonamides is 1. The number of nitrogens with one attached hydrogen (secondary N) is 1. The van der Waals surface area contributed by atoms with Gasteiger partial charge in [-0.1, -0.05) is 23.7 Å². The van der Waals surface area contributed by atoms with Gasteiger partial charge in [0, 0.05) is 29.6 Å². The summed E-state index contributed by atoms with van der Waals surface area (Å²) in [5.41, 5.74) is 11.6. The molecule has 2 aliphatic rings. The molecule has 222 valence electrons. The molecule has 0 spiro atoms. The van der Waals surface area contributed by atoms with E-state index in [1.54, 1.807) is 23.5 Å². The molecule has 0 amide bonds. The summed E-state index contributed by atoms with van der Waals surface area (Å²) in [7, 11) is -1.63. The third-order valence-electron chi connectivity index (χ3n) is 8.36. The highest BCUT2D eigenvalue weighted by molar-refractivity contribution is 7.88. The highest BCUT2D eigenvalue weighted by atomic mass is 35.5. The molecule has 0 bridgehead atoms. The molecule has 0 aliphatic carbocycles. The van der Waals surface area contributed by atoms with Gasteiger partial charge in [-0.15, -0.1) is 0 Å². The van der Waals surface area contributed by atoms with Gasteiger partial charge in [-0.3, -0.25) is 0 Å². The van der Waals surface area contributed by atoms with E-state index in [0.29, 0.717) is 54.0 Å². The largest absolute Gasteiger partial charge is 0.493 e. The molecule has 2 aromatic carbocycles. The Labute approximate surface area is 250 Å². The highest BCUT2D eigenvalue weighted by Crippen LogP contribution is 2.48. The van der Waals surface area contributed by atoms with Crippen LogP contribution in [0.5, 0.6) is 17.2 Å². The second-order valence-electron chi connectivity index (χ2n) is 11.0. The minimum absolute atomic E-state index is 0.121. The van der Waals surface area contributed by atoms with Crippen LogP contribution in [0.4, 0.5) is 5.82 Å². The number of ether oxygens (including phenoxy) is 2. The standard InChI is InChI=1S/C30H35ClN6O4S/c1-40-25-16-21(6-7-24(25)41-23-5-3-4-22(31)17-23)27-26(19-8-12-33-13-9-19)28(37-29(27)30(32)34-18-35-37)20-10-14-36(15-11-20)42(2,38)39/h3-7,16-20,33H,8-15H2,1-2H3,(H2,32,34,35). The Morgan fingerprint density at radius 1 is 1.02 bits per heavy atom. The van der Waals surface area contributed by atoms with Crippen LogP contribution in [0, 0.1) is 0 Å². The summed E-state index contributed by atoms with van der Waals surface area (Å²) in [5, 5.41) is 8.79. The molecule has 0 saturated carbocycles. The maximum atomic E-state index is 12.3. The number of fused-ring (bicyclic) bond motifs is 1. The average molecular weight is 611 g/mol. The van der Waals surface area contributed by atoms with Crippen molar-refractivity contribution in [1.82, 2.24) is 24.2 Å². The number of nitrogens with zero attached hydrogens (tertiary/aromatic N) is 4. The summed E-state index contributed by atoms with van der Waals surface area (Å²) in [5.74, 6) is 2.54. The molecule has 2 aromatic heterocycles. The van der Waals surface area contributed by atoms with Crippen molar-refractivity contribution in [3.05, 3.63) is 65.1 Å². The average Bonchev–Trinajstić information content (AvgIpc) is 3.34. The van der Waals surface area contributed by atoms with Crippen molar-refractivity contribution >= 4 is 33.0 Å². The lowest BCUT2D eigenvalue weighted by molar-refractivity contribution is 0.314. The fourth-order valence-corrected chi connectivity index (χ4v) is 7.44. The third-order valence-corrected chi connectivity index (χ3v) is 9.90. The number of hydrogen-bond acceptors (Lipinski definition) is 8. The molecule has 2 saturated heterocycles. The molecule has 2 fully saturated rings. The van der Waals surface area contributed by atoms with E-state index in [9.17, 15) is 8.42 Å². The number of halogens is 1. The second kappa shape index (κ2) is 11.7. The minimum Gasteiger partial charge on any atom is -0.493 e. The lowest BCUT2D eigenvalue weighted by atomic mass is 9.81. The van der Waals surface area contributed by atoms with Gasteiger partial charge in [-0.05, 0) is 86.1 Å². The number of piperidine rings is 2. The number of nitrogen functional groups attached to an aromatic ring is 1. The van der Waals surface area contributed by atoms with Crippen LogP contribution in [0.1, 0.15) is 48.8 Å². The van der Waals surface area contributed by atoms with Crippen molar-refractivity contribution in [2.45, 2.75) is 37.5 Å². The lowest BCUT2D eigenvalue weighted by Gasteiger charge is -2.32. The van der Waals surface area contributed by atoms with E-state index in [-0.39, 0.29) is 11.8 Å². The zero-order valence-corrected chi connectivity index (χ0v) is 25.3. The first-order valence-electron chi connectivity index (χ1n) is 14.2. The van der Waals surface area contributed by atoms with E-state index in [4.69, 9.17) is 31.9 Å². The first kappa shape index (κ1) is 28.7. The fourth-order valence-electron chi connectivity index (χ4n) is 6.39. The van der Waals surface area contributed by atoms with E-state index >= 15 is 0 Å². The summed E-state index contributed by atoms with van der Waals surface area (Å²) in [6.07, 6.45) is 6.13. The third kappa shape index (κ3) is 5.54. The minimum atomic E-state index is -3.25. The van der Waals surface area contributed by atoms with Gasteiger partial charge in [0.05, 0.1) is 19.1 Å². The second-order valence-corrected chi connectivity index (χ2v) is 13.4. The quantitative estimate of drug-likeness (QED) is 0.298. The fraction of sp³-hybridized carbons (Fsp3) is 0.400. The van der Waals surface area contributed by atoms with Crippen molar-refractivity contribution in [3.63, 3.8) is 0 Å². The van der Waals surface area contributed by atoms with Crippen molar-refractivity contribution in [2.24, 2.45) is 0 Å². The molecule has 2 aliphatic heterocycles. The SMILES string of the molecule is COc1cc(-c2c(C3CCNCC3)c(C3CCN(S(C)(=O)=O)CC3)n3ncnc(N)c23)ccc1Oc1cccc(Cl)c1. The normalized spacial score (nSPS) is 17.5. The molecule has 0 unspecified atom stereocenters. The predicted octanol–water partition coefficient (Wildman–Crippen LogP) is 5.04. The van der Waals surface area contributed by atoms with Crippen LogP contribution in [-0.4, -0.2) is 66.9 Å². The molecule has 0 radical (unpaired) electrons. The number of hydrogen-bond donors (Lipinski definition) is 2. The zero-order valence-electron chi connectivity index (χ0n) is 23.7. The number of aromatic nitrogens is 3. The molecular weight excluding hydrogens is 576 g/mol. The molecule has 12 heteroatoms. The number of nitrogens with two attached hydrogens (primary N) is 1. The van der Waals surface area contributed by atoms with Crippen molar-refractivity contribution < 1.29 is 17.9 Å². The molecular formula is C30H35ClN6O4S. The number of methoxy groups -OCH3 is 1. The van der Waals surface area contributed by atoms with Crippen molar-refractivity contribution in [2.75, 3.05) is 45.3 Å². The van der Waals surface area contributed by atoms with E-state index in [1.165, 1.54) is 18.1 Å². The summed E-state index contributed by atoms with van der Waals surface area (Å²) >= 11 is 6.17. The lowest BCUT2D eigenvalue weighted by Crippen LogP contribution is -2.37. The highest BCUT2D eigenvalue weighted by Gasteiger charge is 2.35. The van der Waals surface area contributed by atoms with Gasteiger partial charge in [0.15, 0.2) is 17.3 Å². The Balaban J connectivity index is 1.50. The van der Waals surface area contributed by atoms with Gasteiger partial charge in [-0.25, -0.2) is 22.2 Å². The van der Waals surface area contributed by atoms with Crippen LogP contribution in [0.25, 0.3) is 16.6 Å². The molecule has 3 N–H and O–H groups in total. The van der Waals surface area contributed by atoms with Crippen molar-refractivity contribution in [1.29, 1.82) is 0 Å². The summed E-state index contributed by atoms with van der Waals surface area (Å²) in [6, 6.07) is 13.1. The van der Waals surface area contributed by atoms with Crippen LogP contribution < -0.4 is 20.5 Å². The van der Waals surface area contributed by atoms with Gasteiger partial charge in [0.25, 0.3) is 0 Å². The molecule has 10 nitrogen and oxygen atoms in total. The Morgan fingerprint density at radius 3 is 2.48 bits per heavy atom. The van der Waals surface area contributed by atoms with Crippen LogP contribution in [0.2, 0.25) is 5.02 Å². The summed E-state index contributed by atoms with van der Waals surface area (Å²) < 4.78 is 40.0. The van der Waals surface area contributed by atoms with Gasteiger partial charge in [0.1, 0.15) is 17.6 Å². The van der Waals surface area contributed by atoms with Crippen LogP contribution in [0.15, 0.2) is 48.8 Å². The van der Waals surface area contributed by atoms with Crippen molar-refractivity contribution in [3.8, 4) is 28.4 Å². The number of benzene rings is 2. The molecule has 6 rings (SSSR count). The maximum Gasteiger partial charge on any atom is 0.211 e. The molecule has 4 aromatic rings. The van der Waals surface area contributed by atoms with E-state index in [2.05, 4.69) is 10.3 Å². The summed E-state index contributed by atoms with van der Waals surface area (Å²) in [6.45, 7) is 2.78. The maximum absolute atomic E-state index is 12.3. The zero-order chi connectivity index (χ0) is 29.4. The Morgan fingerprint density at radius 2 is 1.79 bits per heavy atom. The van der Waals surface area contributed by atoms with Crippen LogP contribution >= 0.6 is 11.6 Å². The molecule has 0 atom stereocenters. The monoisotopic (exact) mass is 610 g/mol. The smallest absolute Gasteiger partial charge is 0.211 e. The first-order chi connectivity index (χ1) is 20.2. The van der Waals surface area contributed by atoms with E-state index in [0.717, 1.165) is 48.3 Å². The Hall–Kier alpha value is -3.38. The van der Waals surface area contributed by atoms with Gasteiger partial charge < -0.3 is 20.5 Å². The molecule has 42 heavy (non-hydrogen) atoms. The van der Waals surface area contributed by atoms with Gasteiger partial charge in [0.2, 0.25) is 10.0 Å². The number of rotatable bonds is 7. The predicted molar refractivity (Wildman–Crippen MR) is 164 cm³/mol. The molecule has 4 heterocycles. The van der Waals surface area contributed by atoms with Gasteiger partial charge in [-0.2, -0.15) is 5.10 Å². The Kier molecular flexibility index (Phi) is 8.01. The first-order valence-corrected chi connectivity index (χ1v) is 16.4. The topological polar surface area (TPSA) is 124 Å². The van der Waals surface area contributed by atoms with Gasteiger partial charge >= 0.3 is 0 Å².